The van der Waals surface area contributed by atoms with Crippen LogP contribution in [0.1, 0.15) is 23.6 Å². The normalized spacial score (nSPS) is 10.4. The van der Waals surface area contributed by atoms with Gasteiger partial charge in [0, 0.05) is 16.7 Å². The van der Waals surface area contributed by atoms with Crippen molar-refractivity contribution in [2.45, 2.75) is 26.8 Å². The molecule has 0 aromatic heterocycles. The first-order chi connectivity index (χ1) is 8.69. The van der Waals surface area contributed by atoms with E-state index in [1.165, 1.54) is 22.4 Å². The monoisotopic (exact) mass is 303 g/mol. The molecule has 0 atom stereocenters. The van der Waals surface area contributed by atoms with E-state index in [-0.39, 0.29) is 0 Å². The van der Waals surface area contributed by atoms with Crippen LogP contribution in [0.15, 0.2) is 46.9 Å². The van der Waals surface area contributed by atoms with E-state index in [4.69, 9.17) is 0 Å². The average molecular weight is 304 g/mol. The molecule has 1 N–H and O–H groups in total. The summed E-state index contributed by atoms with van der Waals surface area (Å²) in [5.41, 5.74) is 5.19. The Hall–Kier alpha value is -1.28. The molecule has 94 valence electrons. The van der Waals surface area contributed by atoms with Gasteiger partial charge in [0.25, 0.3) is 0 Å². The van der Waals surface area contributed by atoms with Crippen LogP contribution in [0.25, 0.3) is 0 Å². The maximum absolute atomic E-state index is 3.51. The number of halogens is 1. The molecule has 18 heavy (non-hydrogen) atoms. The fourth-order valence-electron chi connectivity index (χ4n) is 2.05. The molecule has 0 aliphatic carbocycles. The van der Waals surface area contributed by atoms with Gasteiger partial charge in [-0.05, 0) is 42.7 Å². The minimum absolute atomic E-state index is 0.871. The summed E-state index contributed by atoms with van der Waals surface area (Å²) in [7, 11) is 0. The summed E-state index contributed by atoms with van der Waals surface area (Å²) in [5, 5.41) is 3.51. The third-order valence-corrected chi connectivity index (χ3v) is 3.51. The van der Waals surface area contributed by atoms with Gasteiger partial charge in [-0.3, -0.25) is 0 Å². The van der Waals surface area contributed by atoms with E-state index in [2.05, 4.69) is 77.6 Å². The second-order valence-corrected chi connectivity index (χ2v) is 5.41. The second-order valence-electron chi connectivity index (χ2n) is 4.50. The van der Waals surface area contributed by atoms with Crippen molar-refractivity contribution >= 4 is 21.6 Å². The molecule has 0 aliphatic rings. The van der Waals surface area contributed by atoms with Crippen molar-refractivity contribution in [3.8, 4) is 0 Å². The quantitative estimate of drug-likeness (QED) is 0.844. The van der Waals surface area contributed by atoms with Crippen LogP contribution < -0.4 is 5.32 Å². The summed E-state index contributed by atoms with van der Waals surface area (Å²) < 4.78 is 1.14. The standard InChI is InChI=1S/C16H18BrN/c1-3-14-10-15(17)7-8-16(14)18-11-13-6-4-5-12(2)9-13/h4-10,18H,3,11H2,1-2H3. The zero-order valence-corrected chi connectivity index (χ0v) is 12.4. The lowest BCUT2D eigenvalue weighted by atomic mass is 10.1. The first-order valence-corrected chi connectivity index (χ1v) is 7.06. The molecule has 0 saturated carbocycles. The summed E-state index contributed by atoms with van der Waals surface area (Å²) >= 11 is 3.51. The Bertz CT molecular complexity index is 534. The Kier molecular flexibility index (Phi) is 4.43. The van der Waals surface area contributed by atoms with Crippen LogP contribution in [0.2, 0.25) is 0 Å². The summed E-state index contributed by atoms with van der Waals surface area (Å²) in [6.07, 6.45) is 1.04. The van der Waals surface area contributed by atoms with E-state index >= 15 is 0 Å². The number of nitrogens with one attached hydrogen (secondary N) is 1. The highest BCUT2D eigenvalue weighted by Crippen LogP contribution is 2.22. The van der Waals surface area contributed by atoms with Crippen molar-refractivity contribution in [3.63, 3.8) is 0 Å². The van der Waals surface area contributed by atoms with Crippen LogP contribution >= 0.6 is 15.9 Å². The van der Waals surface area contributed by atoms with E-state index in [0.29, 0.717) is 0 Å². The Balaban J connectivity index is 2.10. The van der Waals surface area contributed by atoms with Gasteiger partial charge in [-0.2, -0.15) is 0 Å². The molecule has 0 heterocycles. The predicted octanol–water partition coefficient (Wildman–Crippen LogP) is 4.93. The van der Waals surface area contributed by atoms with Crippen molar-refractivity contribution in [1.29, 1.82) is 0 Å². The molecule has 1 nitrogen and oxygen atoms in total. The molecule has 0 aliphatic heterocycles. The molecule has 0 bridgehead atoms. The largest absolute Gasteiger partial charge is 0.381 e. The molecule has 0 spiro atoms. The van der Waals surface area contributed by atoms with Crippen LogP contribution in [0.5, 0.6) is 0 Å². The van der Waals surface area contributed by atoms with Crippen molar-refractivity contribution < 1.29 is 0 Å². The Morgan fingerprint density at radius 1 is 1.11 bits per heavy atom. The first kappa shape index (κ1) is 13.2. The van der Waals surface area contributed by atoms with Crippen LogP contribution in [-0.2, 0) is 13.0 Å². The van der Waals surface area contributed by atoms with Crippen LogP contribution in [0.4, 0.5) is 5.69 Å². The Morgan fingerprint density at radius 3 is 2.67 bits per heavy atom. The molecule has 2 heteroatoms. The molecule has 0 radical (unpaired) electrons. The van der Waals surface area contributed by atoms with Gasteiger partial charge in [-0.1, -0.05) is 52.7 Å². The molecular weight excluding hydrogens is 286 g/mol. The molecule has 0 saturated heterocycles. The third kappa shape index (κ3) is 3.36. The number of hydrogen-bond donors (Lipinski definition) is 1. The maximum atomic E-state index is 3.51. The van der Waals surface area contributed by atoms with Gasteiger partial charge in [0.1, 0.15) is 0 Å². The fraction of sp³-hybridized carbons (Fsp3) is 0.250. The molecule has 2 aromatic carbocycles. The van der Waals surface area contributed by atoms with E-state index < -0.39 is 0 Å². The van der Waals surface area contributed by atoms with Gasteiger partial charge in [-0.15, -0.1) is 0 Å². The zero-order valence-electron chi connectivity index (χ0n) is 10.8. The molecular formula is C16H18BrN. The SMILES string of the molecule is CCc1cc(Br)ccc1NCc1cccc(C)c1. The molecule has 0 fully saturated rings. The van der Waals surface area contributed by atoms with Gasteiger partial charge < -0.3 is 5.32 Å². The number of anilines is 1. The lowest BCUT2D eigenvalue weighted by Gasteiger charge is -2.12. The summed E-state index contributed by atoms with van der Waals surface area (Å²) in [6.45, 7) is 5.18. The summed E-state index contributed by atoms with van der Waals surface area (Å²) in [6, 6.07) is 15.0. The lowest BCUT2D eigenvalue weighted by molar-refractivity contribution is 1.09. The smallest absolute Gasteiger partial charge is 0.0400 e. The zero-order chi connectivity index (χ0) is 13.0. The van der Waals surface area contributed by atoms with Crippen LogP contribution in [0.3, 0.4) is 0 Å². The van der Waals surface area contributed by atoms with Gasteiger partial charge >= 0.3 is 0 Å². The molecule has 0 amide bonds. The topological polar surface area (TPSA) is 12.0 Å². The van der Waals surface area contributed by atoms with Crippen LogP contribution in [-0.4, -0.2) is 0 Å². The van der Waals surface area contributed by atoms with Crippen molar-refractivity contribution in [2.24, 2.45) is 0 Å². The predicted molar refractivity (Wildman–Crippen MR) is 82.0 cm³/mol. The van der Waals surface area contributed by atoms with Gasteiger partial charge in [0.05, 0.1) is 0 Å². The minimum atomic E-state index is 0.871. The number of benzene rings is 2. The van der Waals surface area contributed by atoms with E-state index in [1.807, 2.05) is 0 Å². The summed E-state index contributed by atoms with van der Waals surface area (Å²) in [4.78, 5) is 0. The number of hydrogen-bond acceptors (Lipinski definition) is 1. The van der Waals surface area contributed by atoms with Gasteiger partial charge in [0.2, 0.25) is 0 Å². The second kappa shape index (κ2) is 6.05. The highest BCUT2D eigenvalue weighted by molar-refractivity contribution is 9.10. The highest BCUT2D eigenvalue weighted by Gasteiger charge is 2.01. The fourth-order valence-corrected chi connectivity index (χ4v) is 2.46. The highest BCUT2D eigenvalue weighted by atomic mass is 79.9. The molecule has 2 aromatic rings. The number of aryl methyl sites for hydroxylation is 2. The number of rotatable bonds is 4. The van der Waals surface area contributed by atoms with E-state index in [1.54, 1.807) is 0 Å². The Labute approximate surface area is 117 Å². The minimum Gasteiger partial charge on any atom is -0.381 e. The van der Waals surface area contributed by atoms with Crippen molar-refractivity contribution in [1.82, 2.24) is 0 Å². The van der Waals surface area contributed by atoms with E-state index in [9.17, 15) is 0 Å². The molecule has 0 unspecified atom stereocenters. The Morgan fingerprint density at radius 2 is 1.94 bits per heavy atom. The van der Waals surface area contributed by atoms with Gasteiger partial charge in [-0.25, -0.2) is 0 Å². The lowest BCUT2D eigenvalue weighted by Crippen LogP contribution is -2.02. The van der Waals surface area contributed by atoms with E-state index in [0.717, 1.165) is 17.4 Å². The van der Waals surface area contributed by atoms with Crippen molar-refractivity contribution in [2.75, 3.05) is 5.32 Å². The van der Waals surface area contributed by atoms with Crippen molar-refractivity contribution in [3.05, 3.63) is 63.6 Å². The van der Waals surface area contributed by atoms with Crippen LogP contribution in [0, 0.1) is 6.92 Å². The average Bonchev–Trinajstić information content (AvgIpc) is 2.37. The molecule has 2 rings (SSSR count). The maximum Gasteiger partial charge on any atom is 0.0400 e. The first-order valence-electron chi connectivity index (χ1n) is 6.27. The summed E-state index contributed by atoms with van der Waals surface area (Å²) in [5.74, 6) is 0. The van der Waals surface area contributed by atoms with Gasteiger partial charge in [0.15, 0.2) is 0 Å². The third-order valence-electron chi connectivity index (χ3n) is 3.01.